The molecule has 1 amide bonds. The summed E-state index contributed by atoms with van der Waals surface area (Å²) in [5.74, 6) is -0.751. The molecule has 1 aromatic heterocycles. The molecule has 0 aliphatic carbocycles. The molecule has 1 N–H and O–H groups in total. The average Bonchev–Trinajstić information content (AvgIpc) is 2.38. The smallest absolute Gasteiger partial charge is 0.272 e. The lowest BCUT2D eigenvalue weighted by Gasteiger charge is -2.35. The summed E-state index contributed by atoms with van der Waals surface area (Å²) in [6, 6.07) is 2.55. The van der Waals surface area contributed by atoms with Crippen LogP contribution in [0.5, 0.6) is 0 Å². The molecule has 2 heterocycles. The minimum absolute atomic E-state index is 0.134. The zero-order chi connectivity index (χ0) is 13.1. The Morgan fingerprint density at radius 3 is 3.00 bits per heavy atom. The number of aromatic nitrogens is 1. The highest BCUT2D eigenvalue weighted by atomic mass is 19.1. The van der Waals surface area contributed by atoms with Gasteiger partial charge in [-0.3, -0.25) is 4.79 Å². The van der Waals surface area contributed by atoms with Gasteiger partial charge in [0.2, 0.25) is 0 Å². The molecule has 2 unspecified atom stereocenters. The number of ether oxygens (including phenoxy) is 1. The SMILES string of the molecule is CC1CN(C(=O)c2ccc(F)cn2)CC(CO)O1. The van der Waals surface area contributed by atoms with E-state index in [2.05, 4.69) is 4.98 Å². The van der Waals surface area contributed by atoms with Gasteiger partial charge in [0.25, 0.3) is 5.91 Å². The Morgan fingerprint density at radius 1 is 1.61 bits per heavy atom. The number of aliphatic hydroxyl groups excluding tert-OH is 1. The van der Waals surface area contributed by atoms with Crippen molar-refractivity contribution in [2.24, 2.45) is 0 Å². The van der Waals surface area contributed by atoms with E-state index >= 15 is 0 Å². The second-order valence-electron chi connectivity index (χ2n) is 4.32. The summed E-state index contributed by atoms with van der Waals surface area (Å²) in [6.45, 7) is 2.46. The van der Waals surface area contributed by atoms with Crippen LogP contribution in [0.15, 0.2) is 18.3 Å². The summed E-state index contributed by atoms with van der Waals surface area (Å²) in [6.07, 6.45) is 0.499. The van der Waals surface area contributed by atoms with Crippen LogP contribution in [0.25, 0.3) is 0 Å². The number of aliphatic hydroxyl groups is 1. The lowest BCUT2D eigenvalue weighted by atomic mass is 10.2. The van der Waals surface area contributed by atoms with Gasteiger partial charge in [0.15, 0.2) is 0 Å². The van der Waals surface area contributed by atoms with Gasteiger partial charge in [-0.15, -0.1) is 0 Å². The Morgan fingerprint density at radius 2 is 2.39 bits per heavy atom. The van der Waals surface area contributed by atoms with Gasteiger partial charge in [0.1, 0.15) is 11.5 Å². The second kappa shape index (κ2) is 5.41. The van der Waals surface area contributed by atoms with Crippen LogP contribution in [0.2, 0.25) is 0 Å². The molecule has 1 aromatic rings. The second-order valence-corrected chi connectivity index (χ2v) is 4.32. The maximum Gasteiger partial charge on any atom is 0.272 e. The summed E-state index contributed by atoms with van der Waals surface area (Å²) in [4.78, 5) is 17.4. The van der Waals surface area contributed by atoms with Crippen LogP contribution < -0.4 is 0 Å². The first-order valence-electron chi connectivity index (χ1n) is 5.77. The van der Waals surface area contributed by atoms with Crippen molar-refractivity contribution in [2.45, 2.75) is 19.1 Å². The molecule has 18 heavy (non-hydrogen) atoms. The van der Waals surface area contributed by atoms with Crippen molar-refractivity contribution in [2.75, 3.05) is 19.7 Å². The highest BCUT2D eigenvalue weighted by Gasteiger charge is 2.28. The Labute approximate surface area is 104 Å². The summed E-state index contributed by atoms with van der Waals surface area (Å²) in [5.41, 5.74) is 0.196. The minimum atomic E-state index is -0.477. The lowest BCUT2D eigenvalue weighted by Crippen LogP contribution is -2.50. The third-order valence-corrected chi connectivity index (χ3v) is 2.76. The largest absolute Gasteiger partial charge is 0.394 e. The van der Waals surface area contributed by atoms with Crippen LogP contribution in [-0.4, -0.2) is 52.8 Å². The van der Waals surface area contributed by atoms with Gasteiger partial charge < -0.3 is 14.7 Å². The van der Waals surface area contributed by atoms with Crippen molar-refractivity contribution in [3.63, 3.8) is 0 Å². The maximum absolute atomic E-state index is 12.7. The lowest BCUT2D eigenvalue weighted by molar-refractivity contribution is -0.0859. The zero-order valence-corrected chi connectivity index (χ0v) is 10.0. The quantitative estimate of drug-likeness (QED) is 0.832. The van der Waals surface area contributed by atoms with E-state index in [4.69, 9.17) is 9.84 Å². The van der Waals surface area contributed by atoms with Crippen LogP contribution in [0.3, 0.4) is 0 Å². The first kappa shape index (κ1) is 12.9. The predicted octanol–water partition coefficient (Wildman–Crippen LogP) is 0.443. The molecule has 1 aliphatic rings. The van der Waals surface area contributed by atoms with E-state index in [9.17, 15) is 9.18 Å². The number of hydrogen-bond acceptors (Lipinski definition) is 4. The summed E-state index contributed by atoms with van der Waals surface area (Å²) in [5, 5.41) is 9.09. The number of morpholine rings is 1. The Hall–Kier alpha value is -1.53. The van der Waals surface area contributed by atoms with Crippen LogP contribution in [-0.2, 0) is 4.74 Å². The highest BCUT2D eigenvalue weighted by Crippen LogP contribution is 2.13. The molecule has 2 atom stereocenters. The van der Waals surface area contributed by atoms with E-state index < -0.39 is 5.82 Å². The van der Waals surface area contributed by atoms with Gasteiger partial charge in [-0.25, -0.2) is 9.37 Å². The summed E-state index contributed by atoms with van der Waals surface area (Å²) in [7, 11) is 0. The van der Waals surface area contributed by atoms with E-state index in [0.29, 0.717) is 13.1 Å². The number of pyridine rings is 1. The average molecular weight is 254 g/mol. The molecule has 0 aromatic carbocycles. The number of carbonyl (C=O) groups is 1. The van der Waals surface area contributed by atoms with Gasteiger partial charge >= 0.3 is 0 Å². The van der Waals surface area contributed by atoms with Crippen LogP contribution >= 0.6 is 0 Å². The molecule has 6 heteroatoms. The maximum atomic E-state index is 12.7. The molecule has 0 spiro atoms. The number of hydrogen-bond donors (Lipinski definition) is 1. The van der Waals surface area contributed by atoms with Gasteiger partial charge in [0, 0.05) is 13.1 Å². The van der Waals surface area contributed by atoms with Crippen LogP contribution in [0.4, 0.5) is 4.39 Å². The topological polar surface area (TPSA) is 62.7 Å². The number of carbonyl (C=O) groups excluding carboxylic acids is 1. The number of nitrogens with zero attached hydrogens (tertiary/aromatic N) is 2. The molecule has 1 saturated heterocycles. The number of halogens is 1. The van der Waals surface area contributed by atoms with E-state index in [0.717, 1.165) is 6.20 Å². The summed E-state index contributed by atoms with van der Waals surface area (Å²) < 4.78 is 18.2. The van der Waals surface area contributed by atoms with Crippen molar-refractivity contribution in [3.8, 4) is 0 Å². The van der Waals surface area contributed by atoms with Gasteiger partial charge in [-0.2, -0.15) is 0 Å². The number of rotatable bonds is 2. The fourth-order valence-corrected chi connectivity index (χ4v) is 1.98. The zero-order valence-electron chi connectivity index (χ0n) is 10.0. The van der Waals surface area contributed by atoms with Crippen molar-refractivity contribution in [1.82, 2.24) is 9.88 Å². The molecule has 5 nitrogen and oxygen atoms in total. The Kier molecular flexibility index (Phi) is 3.88. The van der Waals surface area contributed by atoms with Gasteiger partial charge in [0.05, 0.1) is 25.0 Å². The van der Waals surface area contributed by atoms with E-state index in [-0.39, 0.29) is 30.4 Å². The Balaban J connectivity index is 2.10. The standard InChI is InChI=1S/C12H15FN2O3/c1-8-5-15(6-10(7-16)18-8)12(17)11-3-2-9(13)4-14-11/h2-4,8,10,16H,5-7H2,1H3. The normalized spacial score (nSPS) is 24.1. The third kappa shape index (κ3) is 2.83. The Bertz CT molecular complexity index is 424. The van der Waals surface area contributed by atoms with Crippen LogP contribution in [0, 0.1) is 5.82 Å². The molecule has 98 valence electrons. The van der Waals surface area contributed by atoms with Crippen LogP contribution in [0.1, 0.15) is 17.4 Å². The third-order valence-electron chi connectivity index (χ3n) is 2.76. The molecule has 1 fully saturated rings. The minimum Gasteiger partial charge on any atom is -0.394 e. The highest BCUT2D eigenvalue weighted by molar-refractivity contribution is 5.92. The van der Waals surface area contributed by atoms with Crippen molar-refractivity contribution in [1.29, 1.82) is 0 Å². The molecule has 0 radical (unpaired) electrons. The number of amides is 1. The molecule has 2 rings (SSSR count). The molecular weight excluding hydrogens is 239 g/mol. The molecular formula is C12H15FN2O3. The monoisotopic (exact) mass is 254 g/mol. The summed E-state index contributed by atoms with van der Waals surface area (Å²) >= 11 is 0. The van der Waals surface area contributed by atoms with E-state index in [1.165, 1.54) is 12.1 Å². The fourth-order valence-electron chi connectivity index (χ4n) is 1.98. The van der Waals surface area contributed by atoms with Crippen molar-refractivity contribution < 1.29 is 19.0 Å². The molecule has 0 saturated carbocycles. The molecule has 1 aliphatic heterocycles. The predicted molar refractivity (Wildman–Crippen MR) is 61.5 cm³/mol. The van der Waals surface area contributed by atoms with Crippen molar-refractivity contribution in [3.05, 3.63) is 29.8 Å². The fraction of sp³-hybridized carbons (Fsp3) is 0.500. The van der Waals surface area contributed by atoms with E-state index in [1.807, 2.05) is 6.92 Å². The van der Waals surface area contributed by atoms with Gasteiger partial charge in [-0.1, -0.05) is 0 Å². The van der Waals surface area contributed by atoms with Crippen molar-refractivity contribution >= 4 is 5.91 Å². The van der Waals surface area contributed by atoms with Gasteiger partial charge in [-0.05, 0) is 19.1 Å². The molecule has 0 bridgehead atoms. The first-order chi connectivity index (χ1) is 8.60. The van der Waals surface area contributed by atoms with E-state index in [1.54, 1.807) is 4.90 Å². The first-order valence-corrected chi connectivity index (χ1v) is 5.77.